The fourth-order valence-corrected chi connectivity index (χ4v) is 1.22. The van der Waals surface area contributed by atoms with Gasteiger partial charge in [-0.3, -0.25) is 0 Å². The van der Waals surface area contributed by atoms with Gasteiger partial charge in [-0.25, -0.2) is 0 Å². The average molecular weight is 144 g/mol. The molecular formula is C8H16O2. The SMILES string of the molecule is CCCCC1OC1CCO. The molecule has 1 aliphatic heterocycles. The number of aliphatic hydroxyl groups excluding tert-OH is 1. The van der Waals surface area contributed by atoms with Crippen molar-refractivity contribution < 1.29 is 9.84 Å². The summed E-state index contributed by atoms with van der Waals surface area (Å²) in [5.74, 6) is 0. The van der Waals surface area contributed by atoms with E-state index in [1.165, 1.54) is 19.3 Å². The molecule has 1 aliphatic rings. The van der Waals surface area contributed by atoms with Gasteiger partial charge in [0.1, 0.15) is 0 Å². The number of hydrogen-bond acceptors (Lipinski definition) is 2. The maximum atomic E-state index is 8.54. The Balaban J connectivity index is 1.92. The first-order valence-corrected chi connectivity index (χ1v) is 4.14. The molecule has 60 valence electrons. The third kappa shape index (κ3) is 2.27. The van der Waals surface area contributed by atoms with Crippen LogP contribution < -0.4 is 0 Å². The van der Waals surface area contributed by atoms with E-state index in [-0.39, 0.29) is 6.61 Å². The minimum Gasteiger partial charge on any atom is -0.396 e. The van der Waals surface area contributed by atoms with Gasteiger partial charge >= 0.3 is 0 Å². The number of aliphatic hydroxyl groups is 1. The van der Waals surface area contributed by atoms with E-state index in [4.69, 9.17) is 9.84 Å². The lowest BCUT2D eigenvalue weighted by Gasteiger charge is -1.90. The Morgan fingerprint density at radius 2 is 2.00 bits per heavy atom. The number of hydrogen-bond donors (Lipinski definition) is 1. The topological polar surface area (TPSA) is 32.8 Å². The summed E-state index contributed by atoms with van der Waals surface area (Å²) < 4.78 is 5.30. The minimum atomic E-state index is 0.271. The molecule has 1 saturated heterocycles. The molecule has 0 saturated carbocycles. The Bertz CT molecular complexity index is 93.3. The summed E-state index contributed by atoms with van der Waals surface area (Å²) in [4.78, 5) is 0. The Labute approximate surface area is 62.2 Å². The standard InChI is InChI=1S/C8H16O2/c1-2-3-4-7-8(10-7)5-6-9/h7-9H,2-6H2,1H3. The van der Waals surface area contributed by atoms with Gasteiger partial charge < -0.3 is 9.84 Å². The van der Waals surface area contributed by atoms with Gasteiger partial charge in [0.15, 0.2) is 0 Å². The third-order valence-corrected chi connectivity index (χ3v) is 1.94. The lowest BCUT2D eigenvalue weighted by Crippen LogP contribution is -1.96. The molecule has 1 fully saturated rings. The molecule has 0 aromatic heterocycles. The molecule has 0 spiro atoms. The summed E-state index contributed by atoms with van der Waals surface area (Å²) in [5, 5.41) is 8.54. The van der Waals surface area contributed by atoms with Crippen molar-refractivity contribution in [1.29, 1.82) is 0 Å². The van der Waals surface area contributed by atoms with Crippen molar-refractivity contribution in [3.8, 4) is 0 Å². The molecule has 0 bridgehead atoms. The van der Waals surface area contributed by atoms with Gasteiger partial charge in [-0.15, -0.1) is 0 Å². The van der Waals surface area contributed by atoms with Crippen LogP contribution in [0.25, 0.3) is 0 Å². The van der Waals surface area contributed by atoms with Gasteiger partial charge in [-0.05, 0) is 12.8 Å². The second-order valence-electron chi connectivity index (χ2n) is 2.87. The summed E-state index contributed by atoms with van der Waals surface area (Å²) in [5.41, 5.74) is 0. The van der Waals surface area contributed by atoms with Crippen LogP contribution in [0.15, 0.2) is 0 Å². The fourth-order valence-electron chi connectivity index (χ4n) is 1.22. The summed E-state index contributed by atoms with van der Waals surface area (Å²) in [7, 11) is 0. The molecule has 2 nitrogen and oxygen atoms in total. The first kappa shape index (κ1) is 8.02. The number of ether oxygens (including phenoxy) is 1. The predicted octanol–water partition coefficient (Wildman–Crippen LogP) is 1.33. The predicted molar refractivity (Wildman–Crippen MR) is 39.9 cm³/mol. The second-order valence-corrected chi connectivity index (χ2v) is 2.87. The molecule has 0 amide bonds. The molecule has 0 aromatic carbocycles. The van der Waals surface area contributed by atoms with Crippen LogP contribution in [0, 0.1) is 0 Å². The van der Waals surface area contributed by atoms with E-state index in [2.05, 4.69) is 6.92 Å². The lowest BCUT2D eigenvalue weighted by molar-refractivity contribution is 0.262. The molecule has 0 radical (unpaired) electrons. The first-order chi connectivity index (χ1) is 4.88. The van der Waals surface area contributed by atoms with Crippen LogP contribution in [0.4, 0.5) is 0 Å². The number of unbranched alkanes of at least 4 members (excludes halogenated alkanes) is 1. The van der Waals surface area contributed by atoms with Crippen LogP contribution in [0.1, 0.15) is 32.6 Å². The van der Waals surface area contributed by atoms with Gasteiger partial charge in [0.05, 0.1) is 12.2 Å². The zero-order chi connectivity index (χ0) is 7.40. The van der Waals surface area contributed by atoms with Crippen molar-refractivity contribution >= 4 is 0 Å². The van der Waals surface area contributed by atoms with Gasteiger partial charge in [0, 0.05) is 6.61 Å². The third-order valence-electron chi connectivity index (χ3n) is 1.94. The van der Waals surface area contributed by atoms with Crippen molar-refractivity contribution in [2.45, 2.75) is 44.8 Å². The second kappa shape index (κ2) is 3.94. The Kier molecular flexibility index (Phi) is 3.16. The van der Waals surface area contributed by atoms with Crippen molar-refractivity contribution in [2.24, 2.45) is 0 Å². The summed E-state index contributed by atoms with van der Waals surface area (Å²) in [6.45, 7) is 2.46. The summed E-state index contributed by atoms with van der Waals surface area (Å²) in [6.07, 6.45) is 5.37. The number of rotatable bonds is 5. The van der Waals surface area contributed by atoms with Gasteiger partial charge in [0.25, 0.3) is 0 Å². The van der Waals surface area contributed by atoms with E-state index in [0.717, 1.165) is 6.42 Å². The maximum Gasteiger partial charge on any atom is 0.0863 e. The van der Waals surface area contributed by atoms with Gasteiger partial charge in [-0.1, -0.05) is 19.8 Å². The molecule has 0 aromatic rings. The molecular weight excluding hydrogens is 128 g/mol. The molecule has 10 heavy (non-hydrogen) atoms. The van der Waals surface area contributed by atoms with E-state index < -0.39 is 0 Å². The van der Waals surface area contributed by atoms with Crippen LogP contribution in [-0.4, -0.2) is 23.9 Å². The normalized spacial score (nSPS) is 30.6. The zero-order valence-electron chi connectivity index (χ0n) is 6.55. The number of epoxide rings is 1. The van der Waals surface area contributed by atoms with E-state index >= 15 is 0 Å². The van der Waals surface area contributed by atoms with Crippen LogP contribution in [-0.2, 0) is 4.74 Å². The average Bonchev–Trinajstić information content (AvgIpc) is 2.65. The van der Waals surface area contributed by atoms with Crippen LogP contribution in [0.3, 0.4) is 0 Å². The Morgan fingerprint density at radius 3 is 2.60 bits per heavy atom. The van der Waals surface area contributed by atoms with E-state index in [0.29, 0.717) is 12.2 Å². The Morgan fingerprint density at radius 1 is 1.30 bits per heavy atom. The largest absolute Gasteiger partial charge is 0.396 e. The molecule has 2 heteroatoms. The highest BCUT2D eigenvalue weighted by Gasteiger charge is 2.36. The highest BCUT2D eigenvalue weighted by atomic mass is 16.6. The van der Waals surface area contributed by atoms with Crippen LogP contribution in [0.5, 0.6) is 0 Å². The fraction of sp³-hybridized carbons (Fsp3) is 1.00. The van der Waals surface area contributed by atoms with E-state index in [1.54, 1.807) is 0 Å². The molecule has 1 heterocycles. The van der Waals surface area contributed by atoms with Crippen LogP contribution >= 0.6 is 0 Å². The van der Waals surface area contributed by atoms with Crippen molar-refractivity contribution in [1.82, 2.24) is 0 Å². The van der Waals surface area contributed by atoms with Crippen LogP contribution in [0.2, 0.25) is 0 Å². The van der Waals surface area contributed by atoms with Gasteiger partial charge in [0.2, 0.25) is 0 Å². The monoisotopic (exact) mass is 144 g/mol. The maximum absolute atomic E-state index is 8.54. The van der Waals surface area contributed by atoms with Crippen molar-refractivity contribution in [2.75, 3.05) is 6.61 Å². The highest BCUT2D eigenvalue weighted by molar-refractivity contribution is 4.83. The smallest absolute Gasteiger partial charge is 0.0863 e. The zero-order valence-corrected chi connectivity index (χ0v) is 6.55. The molecule has 1 N–H and O–H groups in total. The summed E-state index contributed by atoms with van der Waals surface area (Å²) >= 11 is 0. The first-order valence-electron chi connectivity index (χ1n) is 4.14. The highest BCUT2D eigenvalue weighted by Crippen LogP contribution is 2.29. The minimum absolute atomic E-state index is 0.271. The molecule has 0 aliphatic carbocycles. The molecule has 2 unspecified atom stereocenters. The Hall–Kier alpha value is -0.0800. The molecule has 1 rings (SSSR count). The van der Waals surface area contributed by atoms with E-state index in [1.807, 2.05) is 0 Å². The summed E-state index contributed by atoms with van der Waals surface area (Å²) in [6, 6.07) is 0. The lowest BCUT2D eigenvalue weighted by atomic mass is 10.1. The molecule has 2 atom stereocenters. The van der Waals surface area contributed by atoms with Crippen molar-refractivity contribution in [3.63, 3.8) is 0 Å². The van der Waals surface area contributed by atoms with Gasteiger partial charge in [-0.2, -0.15) is 0 Å². The quantitative estimate of drug-likeness (QED) is 0.590. The van der Waals surface area contributed by atoms with Crippen molar-refractivity contribution in [3.05, 3.63) is 0 Å². The van der Waals surface area contributed by atoms with E-state index in [9.17, 15) is 0 Å².